The van der Waals surface area contributed by atoms with Crippen molar-refractivity contribution in [1.82, 2.24) is 5.16 Å². The molecule has 0 saturated carbocycles. The lowest BCUT2D eigenvalue weighted by Gasteiger charge is -2.19. The molecule has 33 heavy (non-hydrogen) atoms. The topological polar surface area (TPSA) is 155 Å². The first-order chi connectivity index (χ1) is 15.7. The first kappa shape index (κ1) is 24.6. The molecule has 0 bridgehead atoms. The number of sulfonamides is 1. The number of aromatic nitrogens is 1. The summed E-state index contributed by atoms with van der Waals surface area (Å²) < 4.78 is 49.0. The Hall–Kier alpha value is -3.00. The van der Waals surface area contributed by atoms with E-state index in [0.29, 0.717) is 17.0 Å². The number of rotatable bonds is 9. The molecule has 4 N–H and O–H groups in total. The van der Waals surface area contributed by atoms with Crippen molar-refractivity contribution in [2.75, 3.05) is 31.4 Å². The largest absolute Gasteiger partial charge is 0.493 e. The van der Waals surface area contributed by atoms with Gasteiger partial charge in [0, 0.05) is 6.54 Å². The third-order valence-electron chi connectivity index (χ3n) is 4.51. The normalized spacial score (nSPS) is 11.2. The average Bonchev–Trinajstić information content (AvgIpc) is 3.41. The molecule has 0 atom stereocenters. The molecule has 2 aromatic heterocycles. The lowest BCUT2D eigenvalue weighted by Crippen LogP contribution is -2.20. The van der Waals surface area contributed by atoms with Gasteiger partial charge in [-0.25, -0.2) is 13.1 Å². The number of nitrogens with zero attached hydrogens (tertiary/aromatic N) is 1. The fourth-order valence-electron chi connectivity index (χ4n) is 2.95. The van der Waals surface area contributed by atoms with Crippen molar-refractivity contribution in [3.05, 3.63) is 38.7 Å². The molecule has 3 rings (SSSR count). The van der Waals surface area contributed by atoms with Gasteiger partial charge >= 0.3 is 0 Å². The van der Waals surface area contributed by atoms with E-state index >= 15 is 0 Å². The molecule has 0 aliphatic heterocycles. The van der Waals surface area contributed by atoms with E-state index in [1.54, 1.807) is 13.0 Å². The van der Waals surface area contributed by atoms with Crippen LogP contribution in [0.4, 0.5) is 11.6 Å². The van der Waals surface area contributed by atoms with Crippen molar-refractivity contribution < 1.29 is 31.9 Å². The summed E-state index contributed by atoms with van der Waals surface area (Å²) in [7, 11) is 0.0380. The van der Waals surface area contributed by atoms with Gasteiger partial charge in [0.25, 0.3) is 21.8 Å². The monoisotopic (exact) mass is 516 g/mol. The predicted molar refractivity (Wildman–Crippen MR) is 123 cm³/mol. The highest BCUT2D eigenvalue weighted by atomic mass is 35.5. The van der Waals surface area contributed by atoms with Crippen molar-refractivity contribution >= 4 is 50.4 Å². The van der Waals surface area contributed by atoms with Crippen LogP contribution in [0.3, 0.4) is 0 Å². The Morgan fingerprint density at radius 2 is 1.94 bits per heavy atom. The lowest BCUT2D eigenvalue weighted by atomic mass is 10.1. The highest BCUT2D eigenvalue weighted by Crippen LogP contribution is 2.45. The Morgan fingerprint density at radius 3 is 2.48 bits per heavy atom. The number of benzene rings is 1. The molecule has 2 heterocycles. The number of ether oxygens (including phenoxy) is 3. The van der Waals surface area contributed by atoms with Crippen molar-refractivity contribution in [3.8, 4) is 17.2 Å². The zero-order chi connectivity index (χ0) is 24.3. The summed E-state index contributed by atoms with van der Waals surface area (Å²) in [5.74, 6) is -0.183. The molecule has 0 saturated heterocycles. The minimum atomic E-state index is -4.22. The van der Waals surface area contributed by atoms with Crippen LogP contribution in [0.5, 0.6) is 17.2 Å². The summed E-state index contributed by atoms with van der Waals surface area (Å²) in [5, 5.41) is 7.76. The zero-order valence-corrected chi connectivity index (χ0v) is 20.4. The third-order valence-corrected chi connectivity index (χ3v) is 7.37. The fraction of sp³-hybridized carbons (Fsp3) is 0.263. The van der Waals surface area contributed by atoms with Crippen LogP contribution in [0.15, 0.2) is 26.9 Å². The summed E-state index contributed by atoms with van der Waals surface area (Å²) in [5.41, 5.74) is 6.87. The van der Waals surface area contributed by atoms with Gasteiger partial charge in [-0.3, -0.25) is 4.79 Å². The Balaban J connectivity index is 1.99. The highest BCUT2D eigenvalue weighted by molar-refractivity contribution is 7.93. The van der Waals surface area contributed by atoms with Gasteiger partial charge in [0.15, 0.2) is 11.5 Å². The zero-order valence-electron chi connectivity index (χ0n) is 18.0. The van der Waals surface area contributed by atoms with E-state index in [0.717, 1.165) is 11.3 Å². The Bertz CT molecular complexity index is 1290. The van der Waals surface area contributed by atoms with Gasteiger partial charge in [-0.15, -0.1) is 11.3 Å². The number of nitrogens with two attached hydrogens (primary N) is 1. The van der Waals surface area contributed by atoms with E-state index < -0.39 is 15.9 Å². The number of halogens is 1. The molecule has 0 aliphatic rings. The Labute approximate surface area is 198 Å². The maximum absolute atomic E-state index is 13.1. The summed E-state index contributed by atoms with van der Waals surface area (Å²) >= 11 is 6.93. The number of nitrogens with one attached hydrogen (secondary N) is 2. The second-order valence-corrected chi connectivity index (χ2v) is 9.41. The van der Waals surface area contributed by atoms with E-state index in [1.807, 2.05) is 0 Å². The van der Waals surface area contributed by atoms with E-state index in [9.17, 15) is 13.2 Å². The van der Waals surface area contributed by atoms with Gasteiger partial charge in [-0.05, 0) is 30.0 Å². The minimum absolute atomic E-state index is 0.0162. The second-order valence-electron chi connectivity index (χ2n) is 6.47. The maximum atomic E-state index is 13.1. The standard InChI is InChI=1S/C19H21ClN4O7S2/c1-9-13(20)19(31-23-9)24-33(26,27)12-5-6-32-17(12)18(25)22-14-10(8-21)7-11(28-2)15(29-3)16(14)30-4/h5-7,24H,8,21H2,1-4H3,(H,22,25). The van der Waals surface area contributed by atoms with Crippen LogP contribution in [0, 0.1) is 6.92 Å². The Morgan fingerprint density at radius 1 is 1.24 bits per heavy atom. The highest BCUT2D eigenvalue weighted by Gasteiger charge is 2.29. The molecule has 178 valence electrons. The maximum Gasteiger partial charge on any atom is 0.267 e. The van der Waals surface area contributed by atoms with Crippen LogP contribution >= 0.6 is 22.9 Å². The Kier molecular flexibility index (Phi) is 7.37. The van der Waals surface area contributed by atoms with Crippen molar-refractivity contribution in [2.24, 2.45) is 5.73 Å². The molecule has 1 aromatic carbocycles. The summed E-state index contributed by atoms with van der Waals surface area (Å²) in [6.07, 6.45) is 0. The molecule has 0 aliphatic carbocycles. The SMILES string of the molecule is COc1cc(CN)c(NC(=O)c2sccc2S(=O)(=O)Nc2onc(C)c2Cl)c(OC)c1OC. The molecule has 0 fully saturated rings. The molecule has 11 nitrogen and oxygen atoms in total. The number of methoxy groups -OCH3 is 3. The molecular formula is C19H21ClN4O7S2. The average molecular weight is 517 g/mol. The van der Waals surface area contributed by atoms with Crippen LogP contribution in [0.1, 0.15) is 20.9 Å². The first-order valence-electron chi connectivity index (χ1n) is 9.23. The van der Waals surface area contributed by atoms with Crippen LogP contribution in [-0.2, 0) is 16.6 Å². The van der Waals surface area contributed by atoms with E-state index in [4.69, 9.17) is 36.1 Å². The van der Waals surface area contributed by atoms with Crippen molar-refractivity contribution in [1.29, 1.82) is 0 Å². The van der Waals surface area contributed by atoms with Gasteiger partial charge in [0.1, 0.15) is 20.5 Å². The number of thiophene rings is 1. The molecule has 3 aromatic rings. The number of carbonyl (C=O) groups excluding carboxylic acids is 1. The van der Waals surface area contributed by atoms with Crippen LogP contribution in [0.25, 0.3) is 0 Å². The lowest BCUT2D eigenvalue weighted by molar-refractivity contribution is 0.102. The minimum Gasteiger partial charge on any atom is -0.493 e. The van der Waals surface area contributed by atoms with Gasteiger partial charge in [-0.1, -0.05) is 16.8 Å². The number of carbonyl (C=O) groups is 1. The van der Waals surface area contributed by atoms with Gasteiger partial charge < -0.3 is 29.8 Å². The van der Waals surface area contributed by atoms with Crippen molar-refractivity contribution in [2.45, 2.75) is 18.4 Å². The van der Waals surface area contributed by atoms with Crippen LogP contribution < -0.4 is 30.0 Å². The summed E-state index contributed by atoms with van der Waals surface area (Å²) in [4.78, 5) is 12.8. The number of aryl methyl sites for hydroxylation is 1. The number of anilines is 2. The molecule has 0 radical (unpaired) electrons. The van der Waals surface area contributed by atoms with Gasteiger partial charge in [0.2, 0.25) is 5.75 Å². The van der Waals surface area contributed by atoms with Crippen molar-refractivity contribution in [3.63, 3.8) is 0 Å². The van der Waals surface area contributed by atoms with Crippen LogP contribution in [-0.4, -0.2) is 40.8 Å². The second kappa shape index (κ2) is 9.87. The van der Waals surface area contributed by atoms with E-state index in [1.165, 1.54) is 32.8 Å². The number of hydrogen-bond donors (Lipinski definition) is 3. The van der Waals surface area contributed by atoms with Gasteiger partial charge in [0.05, 0.1) is 27.0 Å². The van der Waals surface area contributed by atoms with Crippen LogP contribution in [0.2, 0.25) is 5.02 Å². The smallest absolute Gasteiger partial charge is 0.267 e. The predicted octanol–water partition coefficient (Wildman–Crippen LogP) is 3.24. The third kappa shape index (κ3) is 4.71. The quantitative estimate of drug-likeness (QED) is 0.388. The van der Waals surface area contributed by atoms with E-state index in [2.05, 4.69) is 15.2 Å². The summed E-state index contributed by atoms with van der Waals surface area (Å²) in [6, 6.07) is 2.88. The fourth-order valence-corrected chi connectivity index (χ4v) is 5.44. The molecular weight excluding hydrogens is 496 g/mol. The van der Waals surface area contributed by atoms with E-state index in [-0.39, 0.29) is 44.4 Å². The number of amides is 1. The molecule has 0 unspecified atom stereocenters. The number of hydrogen-bond acceptors (Lipinski definition) is 10. The van der Waals surface area contributed by atoms with Gasteiger partial charge in [-0.2, -0.15) is 0 Å². The summed E-state index contributed by atoms with van der Waals surface area (Å²) in [6.45, 7) is 1.59. The molecule has 1 amide bonds. The first-order valence-corrected chi connectivity index (χ1v) is 12.0. The molecule has 14 heteroatoms. The molecule has 0 spiro atoms.